The third-order valence-corrected chi connectivity index (χ3v) is 3.08. The van der Waals surface area contributed by atoms with Crippen LogP contribution >= 0.6 is 0 Å². The number of likely N-dealkylation sites (N-methyl/N-ethyl adjacent to an activating group) is 1. The van der Waals surface area contributed by atoms with Gasteiger partial charge in [-0.25, -0.2) is 4.98 Å². The molecule has 1 aromatic carbocycles. The molecule has 5 heteroatoms. The third-order valence-electron chi connectivity index (χ3n) is 3.08. The molecule has 1 heterocycles. The van der Waals surface area contributed by atoms with Gasteiger partial charge in [-0.05, 0) is 25.2 Å². The van der Waals surface area contributed by atoms with Gasteiger partial charge in [-0.15, -0.1) is 0 Å². The molecule has 0 amide bonds. The molecule has 0 radical (unpaired) electrons. The van der Waals surface area contributed by atoms with Gasteiger partial charge in [0.1, 0.15) is 0 Å². The van der Waals surface area contributed by atoms with Crippen LogP contribution in [-0.4, -0.2) is 34.1 Å². The van der Waals surface area contributed by atoms with Crippen molar-refractivity contribution in [1.82, 2.24) is 14.5 Å². The first-order valence-corrected chi connectivity index (χ1v) is 5.97. The Labute approximate surface area is 121 Å². The Morgan fingerprint density at radius 2 is 1.78 bits per heavy atom. The quantitative estimate of drug-likeness (QED) is 0.567. The Morgan fingerprint density at radius 1 is 1.11 bits per heavy atom. The van der Waals surface area contributed by atoms with E-state index >= 15 is 0 Å². The van der Waals surface area contributed by atoms with E-state index in [9.17, 15) is 0 Å². The van der Waals surface area contributed by atoms with Crippen LogP contribution in [0.5, 0.6) is 0 Å². The van der Waals surface area contributed by atoms with Crippen molar-refractivity contribution in [3.63, 3.8) is 0 Å². The van der Waals surface area contributed by atoms with Gasteiger partial charge in [0.25, 0.3) is 0 Å². The number of rotatable bonds is 5. The predicted molar refractivity (Wildman–Crippen MR) is 67.5 cm³/mol. The monoisotopic (exact) mass is 287 g/mol. The number of benzene rings is 1. The fourth-order valence-corrected chi connectivity index (χ4v) is 1.98. The Morgan fingerprint density at radius 3 is 2.44 bits per heavy atom. The summed E-state index contributed by atoms with van der Waals surface area (Å²) in [6.45, 7) is 8.74. The second-order valence-corrected chi connectivity index (χ2v) is 3.95. The van der Waals surface area contributed by atoms with Crippen molar-refractivity contribution in [2.45, 2.75) is 20.4 Å². The number of hydrogen-bond donors (Lipinski definition) is 0. The summed E-state index contributed by atoms with van der Waals surface area (Å²) in [6, 6.07) is 8.29. The van der Waals surface area contributed by atoms with Crippen LogP contribution in [0.15, 0.2) is 30.6 Å². The van der Waals surface area contributed by atoms with E-state index in [-0.39, 0.29) is 24.8 Å². The summed E-state index contributed by atoms with van der Waals surface area (Å²) in [5.74, 6) is 0. The molecule has 0 aliphatic heterocycles. The molecule has 2 rings (SSSR count). The number of aromatic nitrogens is 2. The van der Waals surface area contributed by atoms with Crippen LogP contribution in [0.3, 0.4) is 0 Å². The van der Waals surface area contributed by atoms with Gasteiger partial charge in [0.05, 0.1) is 17.4 Å². The summed E-state index contributed by atoms with van der Waals surface area (Å²) in [6.07, 6.45) is 1.94. The predicted octanol–water partition coefficient (Wildman–Crippen LogP) is -3.61. The molecule has 102 valence electrons. The lowest BCUT2D eigenvalue weighted by Crippen LogP contribution is -3.00. The molecule has 3 nitrogen and oxygen atoms in total. The van der Waals surface area contributed by atoms with Gasteiger partial charge in [-0.1, -0.05) is 26.0 Å². The van der Waals surface area contributed by atoms with Crippen LogP contribution in [0.25, 0.3) is 11.0 Å². The maximum atomic E-state index is 4.39. The summed E-state index contributed by atoms with van der Waals surface area (Å²) < 4.78 is 2.23. The molecule has 0 spiro atoms. The lowest BCUT2D eigenvalue weighted by atomic mass is 10.3. The SMILES string of the molecule is CCN(CC)CCn1cnc2ccccc21.[Cl-].[Cl-]. The Hall–Kier alpha value is -0.770. The highest BCUT2D eigenvalue weighted by atomic mass is 35.5. The Bertz CT molecular complexity index is 452. The van der Waals surface area contributed by atoms with E-state index in [1.54, 1.807) is 0 Å². The Kier molecular flexibility index (Phi) is 8.00. The summed E-state index contributed by atoms with van der Waals surface area (Å²) >= 11 is 0. The minimum absolute atomic E-state index is 0. The van der Waals surface area contributed by atoms with Crippen molar-refractivity contribution < 1.29 is 24.8 Å². The lowest BCUT2D eigenvalue weighted by molar-refractivity contribution is -0.00100. The molecule has 0 unspecified atom stereocenters. The van der Waals surface area contributed by atoms with E-state index in [2.05, 4.69) is 46.5 Å². The molecule has 0 aliphatic carbocycles. The van der Waals surface area contributed by atoms with E-state index in [4.69, 9.17) is 0 Å². The number of halogens is 2. The van der Waals surface area contributed by atoms with Gasteiger partial charge in [-0.3, -0.25) is 0 Å². The minimum Gasteiger partial charge on any atom is -1.00 e. The largest absolute Gasteiger partial charge is 1.00 e. The molecule has 0 fully saturated rings. The molecule has 0 saturated carbocycles. The first-order valence-electron chi connectivity index (χ1n) is 5.97. The molecule has 2 aromatic rings. The fraction of sp³-hybridized carbons (Fsp3) is 0.462. The van der Waals surface area contributed by atoms with E-state index in [0.29, 0.717) is 0 Å². The third kappa shape index (κ3) is 3.87. The molecule has 0 aliphatic rings. The first kappa shape index (κ1) is 17.2. The highest BCUT2D eigenvalue weighted by Gasteiger charge is 2.03. The van der Waals surface area contributed by atoms with E-state index in [0.717, 1.165) is 31.7 Å². The lowest BCUT2D eigenvalue weighted by Gasteiger charge is -2.18. The number of hydrogen-bond acceptors (Lipinski definition) is 2. The zero-order valence-electron chi connectivity index (χ0n) is 10.8. The average molecular weight is 288 g/mol. The number of fused-ring (bicyclic) bond motifs is 1. The number of para-hydroxylation sites is 2. The van der Waals surface area contributed by atoms with E-state index in [1.807, 2.05) is 12.4 Å². The summed E-state index contributed by atoms with van der Waals surface area (Å²) in [5.41, 5.74) is 2.32. The van der Waals surface area contributed by atoms with Crippen molar-refractivity contribution in [3.8, 4) is 0 Å². The van der Waals surface area contributed by atoms with Gasteiger partial charge in [0, 0.05) is 13.1 Å². The van der Waals surface area contributed by atoms with Crippen LogP contribution in [0.4, 0.5) is 0 Å². The highest BCUT2D eigenvalue weighted by molar-refractivity contribution is 5.74. The van der Waals surface area contributed by atoms with Crippen molar-refractivity contribution in [2.24, 2.45) is 0 Å². The molecule has 0 atom stereocenters. The maximum absolute atomic E-state index is 4.39. The van der Waals surface area contributed by atoms with Gasteiger partial charge < -0.3 is 34.3 Å². The zero-order chi connectivity index (χ0) is 11.4. The maximum Gasteiger partial charge on any atom is 0.0958 e. The van der Waals surface area contributed by atoms with Gasteiger partial charge in [0.2, 0.25) is 0 Å². The first-order chi connectivity index (χ1) is 7.85. The van der Waals surface area contributed by atoms with Crippen molar-refractivity contribution in [3.05, 3.63) is 30.6 Å². The van der Waals surface area contributed by atoms with Crippen molar-refractivity contribution >= 4 is 11.0 Å². The summed E-state index contributed by atoms with van der Waals surface area (Å²) in [5, 5.41) is 0. The summed E-state index contributed by atoms with van der Waals surface area (Å²) in [4.78, 5) is 6.82. The normalized spacial score (nSPS) is 10.2. The molecule has 0 N–H and O–H groups in total. The van der Waals surface area contributed by atoms with E-state index < -0.39 is 0 Å². The van der Waals surface area contributed by atoms with Crippen LogP contribution in [0.1, 0.15) is 13.8 Å². The van der Waals surface area contributed by atoms with Gasteiger partial charge in [0.15, 0.2) is 0 Å². The zero-order valence-corrected chi connectivity index (χ0v) is 12.3. The summed E-state index contributed by atoms with van der Waals surface area (Å²) in [7, 11) is 0. The minimum atomic E-state index is 0. The molecular formula is C13H19Cl2N3-2. The van der Waals surface area contributed by atoms with Crippen LogP contribution < -0.4 is 24.8 Å². The number of imidazole rings is 1. The molecule has 0 saturated heterocycles. The van der Waals surface area contributed by atoms with Crippen molar-refractivity contribution in [1.29, 1.82) is 0 Å². The topological polar surface area (TPSA) is 21.1 Å². The highest BCUT2D eigenvalue weighted by Crippen LogP contribution is 2.11. The van der Waals surface area contributed by atoms with E-state index in [1.165, 1.54) is 5.52 Å². The molecule has 0 bridgehead atoms. The smallest absolute Gasteiger partial charge is 0.0958 e. The van der Waals surface area contributed by atoms with Crippen LogP contribution in [0.2, 0.25) is 0 Å². The second kappa shape index (κ2) is 8.35. The fourth-order valence-electron chi connectivity index (χ4n) is 1.98. The molecular weight excluding hydrogens is 269 g/mol. The average Bonchev–Trinajstić information content (AvgIpc) is 2.74. The van der Waals surface area contributed by atoms with Crippen LogP contribution in [-0.2, 0) is 6.54 Å². The standard InChI is InChI=1S/C13H19N3.2ClH/c1-3-15(4-2)9-10-16-11-14-12-7-5-6-8-13(12)16;;/h5-8,11H,3-4,9-10H2,1-2H3;2*1H/p-2. The van der Waals surface area contributed by atoms with Gasteiger partial charge >= 0.3 is 0 Å². The van der Waals surface area contributed by atoms with Crippen molar-refractivity contribution in [2.75, 3.05) is 19.6 Å². The molecule has 1 aromatic heterocycles. The molecule has 18 heavy (non-hydrogen) atoms. The second-order valence-electron chi connectivity index (χ2n) is 3.95. The van der Waals surface area contributed by atoms with Gasteiger partial charge in [-0.2, -0.15) is 0 Å². The van der Waals surface area contributed by atoms with Crippen LogP contribution in [0, 0.1) is 0 Å². The Balaban J connectivity index is 0.00000144. The number of nitrogens with zero attached hydrogens (tertiary/aromatic N) is 3.